The van der Waals surface area contributed by atoms with Crippen molar-refractivity contribution < 1.29 is 4.74 Å². The summed E-state index contributed by atoms with van der Waals surface area (Å²) in [5.41, 5.74) is 0.621. The number of halogens is 1. The number of rotatable bonds is 4. The van der Waals surface area contributed by atoms with E-state index in [1.807, 2.05) is 0 Å². The quantitative estimate of drug-likeness (QED) is 0.655. The molecule has 0 fully saturated rings. The third kappa shape index (κ3) is 2.04. The summed E-state index contributed by atoms with van der Waals surface area (Å²) >= 11 is 3.30. The lowest BCUT2D eigenvalue weighted by Gasteiger charge is -2.06. The smallest absolute Gasteiger partial charge is 0.206 e. The molecule has 3 heterocycles. The molecule has 0 radical (unpaired) electrons. The SMILES string of the molecule is Brc1ncc(OCCn2cncn2)c2nncn12. The van der Waals surface area contributed by atoms with Crippen LogP contribution in [0.4, 0.5) is 0 Å². The molecular weight excluding hydrogens is 302 g/mol. The van der Waals surface area contributed by atoms with Crippen LogP contribution in [0.3, 0.4) is 0 Å². The highest BCUT2D eigenvalue weighted by molar-refractivity contribution is 9.10. The van der Waals surface area contributed by atoms with Gasteiger partial charge in [0.25, 0.3) is 0 Å². The van der Waals surface area contributed by atoms with Gasteiger partial charge in [-0.3, -0.25) is 4.40 Å². The van der Waals surface area contributed by atoms with E-state index >= 15 is 0 Å². The Bertz CT molecular complexity index is 650. The lowest BCUT2D eigenvalue weighted by molar-refractivity contribution is 0.291. The molecular formula is C9H8BrN7O. The van der Waals surface area contributed by atoms with Gasteiger partial charge in [-0.05, 0) is 15.9 Å². The number of hydrogen-bond acceptors (Lipinski definition) is 6. The summed E-state index contributed by atoms with van der Waals surface area (Å²) in [5, 5.41) is 11.8. The van der Waals surface area contributed by atoms with Crippen molar-refractivity contribution in [1.82, 2.24) is 34.3 Å². The Balaban J connectivity index is 1.75. The van der Waals surface area contributed by atoms with Crippen LogP contribution in [0.25, 0.3) is 5.65 Å². The first-order valence-electron chi connectivity index (χ1n) is 5.14. The largest absolute Gasteiger partial charge is 0.486 e. The molecule has 0 saturated carbocycles. The molecule has 92 valence electrons. The topological polar surface area (TPSA) is 83.0 Å². The summed E-state index contributed by atoms with van der Waals surface area (Å²) in [4.78, 5) is 7.99. The Hall–Kier alpha value is -2.03. The lowest BCUT2D eigenvalue weighted by Crippen LogP contribution is -2.09. The van der Waals surface area contributed by atoms with Gasteiger partial charge in [0.1, 0.15) is 25.6 Å². The van der Waals surface area contributed by atoms with Crippen LogP contribution in [0, 0.1) is 0 Å². The first-order valence-corrected chi connectivity index (χ1v) is 5.93. The van der Waals surface area contributed by atoms with E-state index in [1.54, 1.807) is 27.9 Å². The molecule has 0 aliphatic heterocycles. The fraction of sp³-hybridized carbons (Fsp3) is 0.222. The van der Waals surface area contributed by atoms with E-state index in [4.69, 9.17) is 4.74 Å². The van der Waals surface area contributed by atoms with Gasteiger partial charge in [-0.1, -0.05) is 0 Å². The second-order valence-corrected chi connectivity index (χ2v) is 4.13. The zero-order valence-electron chi connectivity index (χ0n) is 9.14. The van der Waals surface area contributed by atoms with Crippen LogP contribution in [0.15, 0.2) is 29.9 Å². The summed E-state index contributed by atoms with van der Waals surface area (Å²) in [6.45, 7) is 1.06. The number of nitrogens with zero attached hydrogens (tertiary/aromatic N) is 7. The Morgan fingerprint density at radius 1 is 1.33 bits per heavy atom. The van der Waals surface area contributed by atoms with Gasteiger partial charge in [-0.25, -0.2) is 14.6 Å². The van der Waals surface area contributed by atoms with Crippen molar-refractivity contribution >= 4 is 21.6 Å². The number of hydrogen-bond donors (Lipinski definition) is 0. The molecule has 0 N–H and O–H groups in total. The van der Waals surface area contributed by atoms with Gasteiger partial charge in [0.15, 0.2) is 10.5 Å². The van der Waals surface area contributed by atoms with E-state index in [9.17, 15) is 0 Å². The monoisotopic (exact) mass is 309 g/mol. The molecule has 0 saturated heterocycles. The molecule has 0 amide bonds. The first kappa shape index (κ1) is 11.1. The van der Waals surface area contributed by atoms with Gasteiger partial charge in [-0.2, -0.15) is 5.10 Å². The molecule has 0 spiro atoms. The highest BCUT2D eigenvalue weighted by Crippen LogP contribution is 2.19. The Morgan fingerprint density at radius 3 is 3.11 bits per heavy atom. The van der Waals surface area contributed by atoms with Crippen LogP contribution >= 0.6 is 15.9 Å². The summed E-state index contributed by atoms with van der Waals surface area (Å²) in [5.74, 6) is 0.579. The third-order valence-electron chi connectivity index (χ3n) is 2.30. The molecule has 0 bridgehead atoms. The van der Waals surface area contributed by atoms with E-state index in [0.29, 0.717) is 29.3 Å². The van der Waals surface area contributed by atoms with Gasteiger partial charge in [0.05, 0.1) is 12.7 Å². The summed E-state index contributed by atoms with van der Waals surface area (Å²) < 4.78 is 9.63. The van der Waals surface area contributed by atoms with Gasteiger partial charge >= 0.3 is 0 Å². The molecule has 0 aliphatic rings. The summed E-state index contributed by atoms with van der Waals surface area (Å²) in [6.07, 6.45) is 6.29. The molecule has 0 atom stereocenters. The molecule has 0 aromatic carbocycles. The Morgan fingerprint density at radius 2 is 2.28 bits per heavy atom. The van der Waals surface area contributed by atoms with E-state index in [1.165, 1.54) is 6.33 Å². The van der Waals surface area contributed by atoms with Crippen molar-refractivity contribution in [3.63, 3.8) is 0 Å². The minimum Gasteiger partial charge on any atom is -0.486 e. The highest BCUT2D eigenvalue weighted by Gasteiger charge is 2.08. The minimum atomic E-state index is 0.454. The van der Waals surface area contributed by atoms with Gasteiger partial charge in [0.2, 0.25) is 5.65 Å². The molecule has 3 rings (SSSR count). The fourth-order valence-electron chi connectivity index (χ4n) is 1.47. The second kappa shape index (κ2) is 4.69. The van der Waals surface area contributed by atoms with Crippen molar-refractivity contribution in [1.29, 1.82) is 0 Å². The van der Waals surface area contributed by atoms with Crippen molar-refractivity contribution in [3.05, 3.63) is 29.9 Å². The van der Waals surface area contributed by atoms with Crippen molar-refractivity contribution in [3.8, 4) is 5.75 Å². The molecule has 3 aromatic rings. The maximum Gasteiger partial charge on any atom is 0.206 e. The minimum absolute atomic E-state index is 0.454. The molecule has 9 heteroatoms. The number of aromatic nitrogens is 7. The van der Waals surface area contributed by atoms with E-state index in [-0.39, 0.29) is 0 Å². The normalized spacial score (nSPS) is 10.9. The average Bonchev–Trinajstić information content (AvgIpc) is 3.02. The molecule has 18 heavy (non-hydrogen) atoms. The average molecular weight is 310 g/mol. The predicted molar refractivity (Wildman–Crippen MR) is 64.0 cm³/mol. The van der Waals surface area contributed by atoms with Crippen molar-refractivity contribution in [2.45, 2.75) is 6.54 Å². The molecule has 0 aliphatic carbocycles. The van der Waals surface area contributed by atoms with Crippen molar-refractivity contribution in [2.75, 3.05) is 6.61 Å². The lowest BCUT2D eigenvalue weighted by atomic mass is 10.5. The second-order valence-electron chi connectivity index (χ2n) is 3.42. The van der Waals surface area contributed by atoms with Crippen molar-refractivity contribution in [2.24, 2.45) is 0 Å². The maximum atomic E-state index is 5.61. The third-order valence-corrected chi connectivity index (χ3v) is 2.89. The summed E-state index contributed by atoms with van der Waals surface area (Å²) in [6, 6.07) is 0. The maximum absolute atomic E-state index is 5.61. The summed E-state index contributed by atoms with van der Waals surface area (Å²) in [7, 11) is 0. The predicted octanol–water partition coefficient (Wildman–Crippen LogP) is 0.557. The first-order chi connectivity index (χ1) is 8.84. The van der Waals surface area contributed by atoms with Gasteiger partial charge in [-0.15, -0.1) is 10.2 Å². The zero-order chi connectivity index (χ0) is 12.4. The van der Waals surface area contributed by atoms with Gasteiger partial charge < -0.3 is 4.74 Å². The van der Waals surface area contributed by atoms with Crippen LogP contribution in [-0.4, -0.2) is 41.0 Å². The Kier molecular flexibility index (Phi) is 2.89. The Labute approximate surface area is 110 Å². The van der Waals surface area contributed by atoms with E-state index in [2.05, 4.69) is 41.2 Å². The van der Waals surface area contributed by atoms with Crippen LogP contribution in [0.2, 0.25) is 0 Å². The molecule has 3 aromatic heterocycles. The highest BCUT2D eigenvalue weighted by atomic mass is 79.9. The van der Waals surface area contributed by atoms with Crippen LogP contribution in [0.1, 0.15) is 0 Å². The number of ether oxygens (including phenoxy) is 1. The van der Waals surface area contributed by atoms with E-state index < -0.39 is 0 Å². The number of fused-ring (bicyclic) bond motifs is 1. The van der Waals surface area contributed by atoms with Crippen LogP contribution < -0.4 is 4.74 Å². The molecule has 8 nitrogen and oxygen atoms in total. The van der Waals surface area contributed by atoms with E-state index in [0.717, 1.165) is 0 Å². The van der Waals surface area contributed by atoms with Crippen LogP contribution in [0.5, 0.6) is 5.75 Å². The fourth-order valence-corrected chi connectivity index (χ4v) is 1.83. The molecule has 0 unspecified atom stereocenters. The zero-order valence-corrected chi connectivity index (χ0v) is 10.7. The standard InChI is InChI=1S/C9H8BrN7O/c10-9-12-3-7(8-15-13-6-17(8)9)18-2-1-16-5-11-4-14-16/h3-6H,1-2H2. The van der Waals surface area contributed by atoms with Gasteiger partial charge in [0, 0.05) is 0 Å². The van der Waals surface area contributed by atoms with Crippen LogP contribution in [-0.2, 0) is 6.54 Å².